The molecular formula is C8H7ClN2OS. The summed E-state index contributed by atoms with van der Waals surface area (Å²) in [5, 5.41) is 9.49. The van der Waals surface area contributed by atoms with Gasteiger partial charge in [-0.05, 0) is 31.0 Å². The molecule has 2 rings (SSSR count). The standard InChI is InChI=1S/C8H7ClN2OS/c1-4-5(2)13-3-6(4)7-10-11-8(9)12-7/h3H,1-2H3. The Morgan fingerprint density at radius 2 is 2.15 bits per heavy atom. The van der Waals surface area contributed by atoms with E-state index in [9.17, 15) is 0 Å². The minimum atomic E-state index is 0.0817. The average molecular weight is 215 g/mol. The van der Waals surface area contributed by atoms with Crippen LogP contribution in [-0.4, -0.2) is 10.2 Å². The van der Waals surface area contributed by atoms with Crippen LogP contribution in [0.1, 0.15) is 10.4 Å². The Kier molecular flexibility index (Phi) is 2.09. The third-order valence-electron chi connectivity index (χ3n) is 1.92. The molecule has 0 atom stereocenters. The molecule has 2 aromatic heterocycles. The van der Waals surface area contributed by atoms with Gasteiger partial charge in [0.1, 0.15) is 0 Å². The van der Waals surface area contributed by atoms with E-state index in [-0.39, 0.29) is 5.35 Å². The highest BCUT2D eigenvalue weighted by Crippen LogP contribution is 2.29. The number of rotatable bonds is 1. The minimum absolute atomic E-state index is 0.0817. The smallest absolute Gasteiger partial charge is 0.313 e. The SMILES string of the molecule is Cc1scc(-c2nnc(Cl)o2)c1C. The van der Waals surface area contributed by atoms with Crippen molar-refractivity contribution < 1.29 is 4.42 Å². The van der Waals surface area contributed by atoms with E-state index in [4.69, 9.17) is 16.0 Å². The summed E-state index contributed by atoms with van der Waals surface area (Å²) in [4.78, 5) is 1.25. The van der Waals surface area contributed by atoms with Gasteiger partial charge in [0.2, 0.25) is 5.89 Å². The van der Waals surface area contributed by atoms with Crippen molar-refractivity contribution in [1.29, 1.82) is 0 Å². The Bertz CT molecular complexity index is 435. The fourth-order valence-electron chi connectivity index (χ4n) is 1.04. The molecule has 0 saturated heterocycles. The zero-order chi connectivity index (χ0) is 9.42. The Balaban J connectivity index is 2.52. The topological polar surface area (TPSA) is 38.9 Å². The lowest BCUT2D eigenvalue weighted by Crippen LogP contribution is -1.78. The lowest BCUT2D eigenvalue weighted by atomic mass is 10.2. The number of thiophene rings is 1. The molecule has 2 heterocycles. The highest BCUT2D eigenvalue weighted by atomic mass is 35.5. The van der Waals surface area contributed by atoms with Gasteiger partial charge >= 0.3 is 5.35 Å². The summed E-state index contributed by atoms with van der Waals surface area (Å²) in [6, 6.07) is 0. The lowest BCUT2D eigenvalue weighted by Gasteiger charge is -1.91. The minimum Gasteiger partial charge on any atom is -0.407 e. The second kappa shape index (κ2) is 3.12. The maximum absolute atomic E-state index is 5.53. The van der Waals surface area contributed by atoms with E-state index in [1.54, 1.807) is 11.3 Å². The summed E-state index contributed by atoms with van der Waals surface area (Å²) in [5.74, 6) is 0.492. The van der Waals surface area contributed by atoms with Crippen LogP contribution >= 0.6 is 22.9 Å². The van der Waals surface area contributed by atoms with Gasteiger partial charge in [-0.15, -0.1) is 16.4 Å². The van der Waals surface area contributed by atoms with Gasteiger partial charge in [0.15, 0.2) is 0 Å². The zero-order valence-electron chi connectivity index (χ0n) is 7.17. The van der Waals surface area contributed by atoms with E-state index in [2.05, 4.69) is 17.1 Å². The molecule has 0 aromatic carbocycles. The molecule has 5 heteroatoms. The molecule has 0 aliphatic rings. The lowest BCUT2D eigenvalue weighted by molar-refractivity contribution is 0.570. The fraction of sp³-hybridized carbons (Fsp3) is 0.250. The van der Waals surface area contributed by atoms with Gasteiger partial charge in [0, 0.05) is 10.3 Å². The van der Waals surface area contributed by atoms with Crippen LogP contribution in [0.4, 0.5) is 0 Å². The van der Waals surface area contributed by atoms with E-state index in [0.29, 0.717) is 5.89 Å². The fourth-order valence-corrected chi connectivity index (χ4v) is 2.01. The van der Waals surface area contributed by atoms with Crippen LogP contribution < -0.4 is 0 Å². The first-order valence-electron chi connectivity index (χ1n) is 3.72. The monoisotopic (exact) mass is 214 g/mol. The predicted molar refractivity (Wildman–Crippen MR) is 52.1 cm³/mol. The van der Waals surface area contributed by atoms with Crippen LogP contribution in [0.15, 0.2) is 9.80 Å². The van der Waals surface area contributed by atoms with E-state index in [0.717, 1.165) is 5.56 Å². The number of hydrogen-bond donors (Lipinski definition) is 0. The van der Waals surface area contributed by atoms with Crippen LogP contribution in [0.5, 0.6) is 0 Å². The van der Waals surface area contributed by atoms with E-state index < -0.39 is 0 Å². The molecule has 3 nitrogen and oxygen atoms in total. The summed E-state index contributed by atoms with van der Waals surface area (Å²) in [6.45, 7) is 4.08. The molecule has 68 valence electrons. The summed E-state index contributed by atoms with van der Waals surface area (Å²) >= 11 is 7.20. The molecule has 0 aliphatic carbocycles. The zero-order valence-corrected chi connectivity index (χ0v) is 8.74. The molecule has 0 radical (unpaired) electrons. The van der Waals surface area contributed by atoms with Crippen molar-refractivity contribution in [2.24, 2.45) is 0 Å². The van der Waals surface area contributed by atoms with E-state index in [1.807, 2.05) is 12.3 Å². The van der Waals surface area contributed by atoms with Gasteiger partial charge in [-0.3, -0.25) is 0 Å². The quantitative estimate of drug-likeness (QED) is 0.733. The molecule has 13 heavy (non-hydrogen) atoms. The number of aromatic nitrogens is 2. The van der Waals surface area contributed by atoms with Gasteiger partial charge < -0.3 is 4.42 Å². The maximum atomic E-state index is 5.53. The highest BCUT2D eigenvalue weighted by Gasteiger charge is 2.12. The van der Waals surface area contributed by atoms with Crippen molar-refractivity contribution in [1.82, 2.24) is 10.2 Å². The first-order chi connectivity index (χ1) is 6.18. The number of aryl methyl sites for hydroxylation is 1. The van der Waals surface area contributed by atoms with E-state index >= 15 is 0 Å². The Hall–Kier alpha value is -0.870. The van der Waals surface area contributed by atoms with Gasteiger partial charge in [-0.1, -0.05) is 5.10 Å². The summed E-state index contributed by atoms with van der Waals surface area (Å²) < 4.78 is 5.11. The molecule has 0 fully saturated rings. The highest BCUT2D eigenvalue weighted by molar-refractivity contribution is 7.10. The molecular weight excluding hydrogens is 208 g/mol. The van der Waals surface area contributed by atoms with Crippen molar-refractivity contribution in [3.63, 3.8) is 0 Å². The maximum Gasteiger partial charge on any atom is 0.313 e. The Morgan fingerprint density at radius 3 is 2.62 bits per heavy atom. The second-order valence-corrected chi connectivity index (χ2v) is 4.10. The number of halogens is 1. The molecule has 0 N–H and O–H groups in total. The number of hydrogen-bond acceptors (Lipinski definition) is 4. The van der Waals surface area contributed by atoms with Crippen molar-refractivity contribution in [2.45, 2.75) is 13.8 Å². The molecule has 0 bridgehead atoms. The summed E-state index contributed by atoms with van der Waals surface area (Å²) in [5.41, 5.74) is 2.15. The molecule has 0 aliphatic heterocycles. The number of nitrogens with zero attached hydrogens (tertiary/aromatic N) is 2. The Morgan fingerprint density at radius 1 is 1.38 bits per heavy atom. The van der Waals surface area contributed by atoms with Crippen molar-refractivity contribution >= 4 is 22.9 Å². The second-order valence-electron chi connectivity index (χ2n) is 2.69. The van der Waals surface area contributed by atoms with Gasteiger partial charge in [0.05, 0.1) is 5.56 Å². The summed E-state index contributed by atoms with van der Waals surface area (Å²) in [6.07, 6.45) is 0. The Labute approximate surface area is 84.4 Å². The molecule has 0 unspecified atom stereocenters. The third-order valence-corrected chi connectivity index (χ3v) is 3.08. The first-order valence-corrected chi connectivity index (χ1v) is 4.98. The van der Waals surface area contributed by atoms with Crippen LogP contribution in [0.25, 0.3) is 11.5 Å². The third kappa shape index (κ3) is 1.47. The van der Waals surface area contributed by atoms with Crippen molar-refractivity contribution in [3.05, 3.63) is 21.2 Å². The average Bonchev–Trinajstić information content (AvgIpc) is 2.62. The molecule has 2 aromatic rings. The van der Waals surface area contributed by atoms with Gasteiger partial charge in [0.25, 0.3) is 0 Å². The van der Waals surface area contributed by atoms with Crippen LogP contribution in [0.3, 0.4) is 0 Å². The van der Waals surface area contributed by atoms with Crippen molar-refractivity contribution in [3.8, 4) is 11.5 Å². The van der Waals surface area contributed by atoms with E-state index in [1.165, 1.54) is 10.4 Å². The molecule has 0 amide bonds. The van der Waals surface area contributed by atoms with Crippen molar-refractivity contribution in [2.75, 3.05) is 0 Å². The first kappa shape index (κ1) is 8.72. The normalized spacial score (nSPS) is 10.7. The molecule has 0 saturated carbocycles. The van der Waals surface area contributed by atoms with Gasteiger partial charge in [-0.2, -0.15) is 0 Å². The van der Waals surface area contributed by atoms with Crippen LogP contribution in [0, 0.1) is 13.8 Å². The summed E-state index contributed by atoms with van der Waals surface area (Å²) in [7, 11) is 0. The van der Waals surface area contributed by atoms with Gasteiger partial charge in [-0.25, -0.2) is 0 Å². The molecule has 0 spiro atoms. The predicted octanol–water partition coefficient (Wildman–Crippen LogP) is 3.07. The largest absolute Gasteiger partial charge is 0.407 e. The van der Waals surface area contributed by atoms with Crippen LogP contribution in [0.2, 0.25) is 5.35 Å². The van der Waals surface area contributed by atoms with Crippen LogP contribution in [-0.2, 0) is 0 Å².